The molecule has 0 aliphatic rings. The minimum absolute atomic E-state index is 0.106. The van der Waals surface area contributed by atoms with E-state index in [1.807, 2.05) is 42.6 Å². The Balaban J connectivity index is 1.67. The molecule has 7 heteroatoms. The minimum Gasteiger partial charge on any atom is -0.485 e. The van der Waals surface area contributed by atoms with Crippen LogP contribution in [0.2, 0.25) is 0 Å². The summed E-state index contributed by atoms with van der Waals surface area (Å²) in [5.41, 5.74) is 10.0. The van der Waals surface area contributed by atoms with Gasteiger partial charge in [0.15, 0.2) is 5.82 Å². The Kier molecular flexibility index (Phi) is 5.22. The summed E-state index contributed by atoms with van der Waals surface area (Å²) in [5.74, 6) is 0.0953. The number of benzene rings is 2. The van der Waals surface area contributed by atoms with Gasteiger partial charge in [-0.25, -0.2) is 9.50 Å². The van der Waals surface area contributed by atoms with E-state index in [1.54, 1.807) is 28.8 Å². The van der Waals surface area contributed by atoms with Crippen LogP contribution in [-0.4, -0.2) is 25.7 Å². The maximum atomic E-state index is 11.1. The van der Waals surface area contributed by atoms with Crippen molar-refractivity contribution in [1.29, 1.82) is 0 Å². The summed E-state index contributed by atoms with van der Waals surface area (Å²) in [4.78, 5) is 15.8. The normalized spacial score (nSPS) is 10.9. The van der Waals surface area contributed by atoms with Crippen LogP contribution in [0.3, 0.4) is 0 Å². The SMILES string of the molecule is NCc1cccc(-c2nc(COc3ccccc3CC(=O)O)nn3cccc23)c1. The van der Waals surface area contributed by atoms with E-state index in [-0.39, 0.29) is 13.0 Å². The van der Waals surface area contributed by atoms with Gasteiger partial charge in [-0.3, -0.25) is 4.79 Å². The first-order valence-electron chi connectivity index (χ1n) is 9.20. The zero-order valence-corrected chi connectivity index (χ0v) is 15.7. The molecular formula is C22H20N4O3. The van der Waals surface area contributed by atoms with Crippen molar-refractivity contribution in [2.45, 2.75) is 19.6 Å². The predicted molar refractivity (Wildman–Crippen MR) is 108 cm³/mol. The van der Waals surface area contributed by atoms with Gasteiger partial charge in [0.2, 0.25) is 0 Å². The molecule has 0 spiro atoms. The molecule has 4 aromatic rings. The molecule has 146 valence electrons. The molecule has 2 aromatic heterocycles. The smallest absolute Gasteiger partial charge is 0.307 e. The third kappa shape index (κ3) is 4.09. The number of hydrogen-bond acceptors (Lipinski definition) is 5. The molecular weight excluding hydrogens is 368 g/mol. The summed E-state index contributed by atoms with van der Waals surface area (Å²) in [6, 6.07) is 18.9. The van der Waals surface area contributed by atoms with Crippen LogP contribution in [-0.2, 0) is 24.4 Å². The van der Waals surface area contributed by atoms with E-state index in [2.05, 4.69) is 5.10 Å². The number of fused-ring (bicyclic) bond motifs is 1. The van der Waals surface area contributed by atoms with Gasteiger partial charge in [0.1, 0.15) is 12.4 Å². The fourth-order valence-electron chi connectivity index (χ4n) is 3.20. The summed E-state index contributed by atoms with van der Waals surface area (Å²) in [6.07, 6.45) is 1.75. The minimum atomic E-state index is -0.909. The predicted octanol–water partition coefficient (Wildman–Crippen LogP) is 3.06. The van der Waals surface area contributed by atoms with E-state index in [9.17, 15) is 4.79 Å². The van der Waals surface area contributed by atoms with Crippen LogP contribution in [0.4, 0.5) is 0 Å². The van der Waals surface area contributed by atoms with Gasteiger partial charge in [-0.2, -0.15) is 0 Å². The Morgan fingerprint density at radius 3 is 2.79 bits per heavy atom. The number of aliphatic carboxylic acids is 1. The van der Waals surface area contributed by atoms with Crippen LogP contribution in [0, 0.1) is 0 Å². The molecule has 7 nitrogen and oxygen atoms in total. The van der Waals surface area contributed by atoms with Crippen molar-refractivity contribution in [3.8, 4) is 17.0 Å². The third-order valence-electron chi connectivity index (χ3n) is 4.54. The lowest BCUT2D eigenvalue weighted by molar-refractivity contribution is -0.136. The van der Waals surface area contributed by atoms with Gasteiger partial charge in [0, 0.05) is 23.9 Å². The number of carbonyl (C=O) groups is 1. The first kappa shape index (κ1) is 18.6. The van der Waals surface area contributed by atoms with Crippen molar-refractivity contribution in [2.24, 2.45) is 5.73 Å². The van der Waals surface area contributed by atoms with Crippen LogP contribution >= 0.6 is 0 Å². The standard InChI is InChI=1S/C22H20N4O3/c23-13-15-5-3-7-17(11-15)22-18-8-4-10-26(18)25-20(24-22)14-29-19-9-2-1-6-16(19)12-21(27)28/h1-11H,12-14,23H2,(H,27,28). The monoisotopic (exact) mass is 388 g/mol. The van der Waals surface area contributed by atoms with E-state index >= 15 is 0 Å². The van der Waals surface area contributed by atoms with Gasteiger partial charge in [0.05, 0.1) is 17.6 Å². The van der Waals surface area contributed by atoms with Gasteiger partial charge in [-0.15, -0.1) is 5.10 Å². The third-order valence-corrected chi connectivity index (χ3v) is 4.54. The number of nitrogens with two attached hydrogens (primary N) is 1. The Hall–Kier alpha value is -3.71. The fourth-order valence-corrected chi connectivity index (χ4v) is 3.20. The first-order chi connectivity index (χ1) is 14.1. The Labute approximate surface area is 167 Å². The molecule has 4 rings (SSSR count). The molecule has 0 amide bonds. The highest BCUT2D eigenvalue weighted by Crippen LogP contribution is 2.25. The highest BCUT2D eigenvalue weighted by atomic mass is 16.5. The van der Waals surface area contributed by atoms with Crippen molar-refractivity contribution in [1.82, 2.24) is 14.6 Å². The highest BCUT2D eigenvalue weighted by molar-refractivity contribution is 5.77. The van der Waals surface area contributed by atoms with Gasteiger partial charge in [0.25, 0.3) is 0 Å². The molecule has 0 saturated heterocycles. The van der Waals surface area contributed by atoms with Gasteiger partial charge in [-0.1, -0.05) is 36.4 Å². The first-order valence-corrected chi connectivity index (χ1v) is 9.20. The largest absolute Gasteiger partial charge is 0.485 e. The number of carboxylic acid groups (broad SMARTS) is 1. The van der Waals surface area contributed by atoms with Crippen LogP contribution in [0.15, 0.2) is 66.9 Å². The Bertz CT molecular complexity index is 1170. The molecule has 0 aliphatic heterocycles. The summed E-state index contributed by atoms with van der Waals surface area (Å²) >= 11 is 0. The van der Waals surface area contributed by atoms with E-state index in [0.29, 0.717) is 23.7 Å². The number of carboxylic acids is 1. The van der Waals surface area contributed by atoms with Gasteiger partial charge < -0.3 is 15.6 Å². The summed E-state index contributed by atoms with van der Waals surface area (Å²) < 4.78 is 7.63. The number of para-hydroxylation sites is 1. The van der Waals surface area contributed by atoms with Crippen LogP contribution in [0.5, 0.6) is 5.75 Å². The molecule has 0 aliphatic carbocycles. The van der Waals surface area contributed by atoms with E-state index in [0.717, 1.165) is 22.3 Å². The Morgan fingerprint density at radius 1 is 1.10 bits per heavy atom. The molecule has 2 aromatic carbocycles. The fraction of sp³-hybridized carbons (Fsp3) is 0.136. The molecule has 29 heavy (non-hydrogen) atoms. The molecule has 2 heterocycles. The molecule has 0 fully saturated rings. The number of rotatable bonds is 7. The maximum absolute atomic E-state index is 11.1. The highest BCUT2D eigenvalue weighted by Gasteiger charge is 2.12. The van der Waals surface area contributed by atoms with Crippen molar-refractivity contribution in [2.75, 3.05) is 0 Å². The number of hydrogen-bond donors (Lipinski definition) is 2. The van der Waals surface area contributed by atoms with Crippen molar-refractivity contribution in [3.05, 3.63) is 83.8 Å². The number of nitrogens with zero attached hydrogens (tertiary/aromatic N) is 3. The zero-order valence-electron chi connectivity index (χ0n) is 15.7. The van der Waals surface area contributed by atoms with Crippen molar-refractivity contribution in [3.63, 3.8) is 0 Å². The molecule has 0 atom stereocenters. The topological polar surface area (TPSA) is 103 Å². The molecule has 0 radical (unpaired) electrons. The number of aromatic nitrogens is 3. The average molecular weight is 388 g/mol. The second-order valence-electron chi connectivity index (χ2n) is 6.59. The lowest BCUT2D eigenvalue weighted by atomic mass is 10.1. The van der Waals surface area contributed by atoms with Gasteiger partial charge >= 0.3 is 5.97 Å². The molecule has 3 N–H and O–H groups in total. The maximum Gasteiger partial charge on any atom is 0.307 e. The lowest BCUT2D eigenvalue weighted by Crippen LogP contribution is -2.09. The Morgan fingerprint density at radius 2 is 1.97 bits per heavy atom. The van der Waals surface area contributed by atoms with Crippen LogP contribution in [0.1, 0.15) is 17.0 Å². The second kappa shape index (κ2) is 8.12. The van der Waals surface area contributed by atoms with Crippen molar-refractivity contribution >= 4 is 11.5 Å². The van der Waals surface area contributed by atoms with E-state index in [4.69, 9.17) is 20.6 Å². The number of ether oxygens (including phenoxy) is 1. The van der Waals surface area contributed by atoms with Gasteiger partial charge in [-0.05, 0) is 29.8 Å². The van der Waals surface area contributed by atoms with E-state index in [1.165, 1.54) is 0 Å². The second-order valence-corrected chi connectivity index (χ2v) is 6.59. The summed E-state index contributed by atoms with van der Waals surface area (Å²) in [6.45, 7) is 0.570. The summed E-state index contributed by atoms with van der Waals surface area (Å²) in [5, 5.41) is 13.6. The molecule has 0 bridgehead atoms. The van der Waals surface area contributed by atoms with Crippen molar-refractivity contribution < 1.29 is 14.6 Å². The summed E-state index contributed by atoms with van der Waals surface area (Å²) in [7, 11) is 0. The lowest BCUT2D eigenvalue weighted by Gasteiger charge is -2.12. The zero-order chi connectivity index (χ0) is 20.2. The molecule has 0 unspecified atom stereocenters. The van der Waals surface area contributed by atoms with Crippen LogP contribution in [0.25, 0.3) is 16.8 Å². The van der Waals surface area contributed by atoms with Crippen LogP contribution < -0.4 is 10.5 Å². The quantitative estimate of drug-likeness (QED) is 0.504. The molecule has 0 saturated carbocycles. The van der Waals surface area contributed by atoms with E-state index < -0.39 is 5.97 Å². The average Bonchev–Trinajstić information content (AvgIpc) is 3.21.